The molecule has 0 N–H and O–H groups in total. The molecule has 6 heteroatoms. The van der Waals surface area contributed by atoms with E-state index in [2.05, 4.69) is 57.2 Å². The maximum Gasteiger partial charge on any atom is 0.306 e. The highest BCUT2D eigenvalue weighted by molar-refractivity contribution is 5.71. The van der Waals surface area contributed by atoms with Crippen LogP contribution in [0.25, 0.3) is 0 Å². The summed E-state index contributed by atoms with van der Waals surface area (Å²) in [5.41, 5.74) is 0. The van der Waals surface area contributed by atoms with Gasteiger partial charge in [-0.3, -0.25) is 14.4 Å². The molecule has 0 bridgehead atoms. The Kier molecular flexibility index (Phi) is 65.1. The monoisotopic (exact) mass is 1100 g/mol. The molecule has 458 valence electrons. The Labute approximate surface area is 486 Å². The van der Waals surface area contributed by atoms with Crippen LogP contribution < -0.4 is 0 Å². The van der Waals surface area contributed by atoms with Gasteiger partial charge in [-0.25, -0.2) is 0 Å². The zero-order chi connectivity index (χ0) is 56.4. The molecule has 0 aliphatic carbocycles. The molecule has 0 radical (unpaired) electrons. The highest BCUT2D eigenvalue weighted by Gasteiger charge is 2.19. The van der Waals surface area contributed by atoms with Crippen LogP contribution in [0.1, 0.15) is 387 Å². The number of allylic oxidation sites excluding steroid dienone is 6. The van der Waals surface area contributed by atoms with E-state index in [1.807, 2.05) is 0 Å². The highest BCUT2D eigenvalue weighted by Crippen LogP contribution is 2.19. The molecular weight excluding hydrogens is 961 g/mol. The van der Waals surface area contributed by atoms with Crippen molar-refractivity contribution in [3.63, 3.8) is 0 Å². The number of ether oxygens (including phenoxy) is 3. The topological polar surface area (TPSA) is 78.9 Å². The van der Waals surface area contributed by atoms with E-state index < -0.39 is 6.10 Å². The summed E-state index contributed by atoms with van der Waals surface area (Å²) in [4.78, 5) is 38.0. The van der Waals surface area contributed by atoms with Crippen molar-refractivity contribution in [1.82, 2.24) is 0 Å². The predicted molar refractivity (Wildman–Crippen MR) is 339 cm³/mol. The van der Waals surface area contributed by atoms with Crippen LogP contribution in [0.2, 0.25) is 0 Å². The molecule has 0 rings (SSSR count). The molecule has 1 unspecified atom stereocenters. The summed E-state index contributed by atoms with van der Waals surface area (Å²) in [5.74, 6) is -0.855. The summed E-state index contributed by atoms with van der Waals surface area (Å²) >= 11 is 0. The van der Waals surface area contributed by atoms with Crippen LogP contribution in [0, 0.1) is 0 Å². The fourth-order valence-corrected chi connectivity index (χ4v) is 10.6. The number of unbranched alkanes of at least 4 members (excludes halogenated alkanes) is 48. The second-order valence-electron chi connectivity index (χ2n) is 23.8. The Morgan fingerprint density at radius 1 is 0.256 bits per heavy atom. The zero-order valence-electron chi connectivity index (χ0n) is 52.7. The fourth-order valence-electron chi connectivity index (χ4n) is 10.6. The third kappa shape index (κ3) is 64.5. The summed E-state index contributed by atoms with van der Waals surface area (Å²) in [6, 6.07) is 0. The molecule has 0 saturated heterocycles. The van der Waals surface area contributed by atoms with Gasteiger partial charge in [-0.05, 0) is 57.8 Å². The largest absolute Gasteiger partial charge is 0.462 e. The van der Waals surface area contributed by atoms with Gasteiger partial charge in [-0.1, -0.05) is 346 Å². The highest BCUT2D eigenvalue weighted by atomic mass is 16.6. The Morgan fingerprint density at radius 3 is 0.718 bits per heavy atom. The van der Waals surface area contributed by atoms with Crippen LogP contribution in [0.5, 0.6) is 0 Å². The second kappa shape index (κ2) is 67.1. The lowest BCUT2D eigenvalue weighted by Crippen LogP contribution is -2.30. The van der Waals surface area contributed by atoms with E-state index >= 15 is 0 Å². The summed E-state index contributed by atoms with van der Waals surface area (Å²) in [6.45, 7) is 6.61. The Hall–Kier alpha value is -2.37. The first-order valence-electron chi connectivity index (χ1n) is 35.0. The summed E-state index contributed by atoms with van der Waals surface area (Å²) in [5, 5.41) is 0. The summed E-state index contributed by atoms with van der Waals surface area (Å²) in [6.07, 6.45) is 83.8. The molecule has 78 heavy (non-hydrogen) atoms. The number of hydrogen-bond acceptors (Lipinski definition) is 6. The number of esters is 3. The minimum Gasteiger partial charge on any atom is -0.462 e. The Morgan fingerprint density at radius 2 is 0.462 bits per heavy atom. The second-order valence-corrected chi connectivity index (χ2v) is 23.8. The molecule has 0 saturated carbocycles. The fraction of sp³-hybridized carbons (Fsp3) is 0.875. The third-order valence-electron chi connectivity index (χ3n) is 15.9. The van der Waals surface area contributed by atoms with Crippen LogP contribution in [-0.2, 0) is 28.6 Å². The van der Waals surface area contributed by atoms with Crippen LogP contribution >= 0.6 is 0 Å². The van der Waals surface area contributed by atoms with Gasteiger partial charge in [0.1, 0.15) is 13.2 Å². The van der Waals surface area contributed by atoms with Crippen molar-refractivity contribution >= 4 is 17.9 Å². The van der Waals surface area contributed by atoms with Crippen molar-refractivity contribution in [1.29, 1.82) is 0 Å². The van der Waals surface area contributed by atoms with E-state index in [1.54, 1.807) is 0 Å². The molecule has 0 aliphatic heterocycles. The van der Waals surface area contributed by atoms with Gasteiger partial charge >= 0.3 is 17.9 Å². The molecule has 0 heterocycles. The minimum absolute atomic E-state index is 0.0668. The molecule has 0 aliphatic rings. The van der Waals surface area contributed by atoms with Crippen molar-refractivity contribution < 1.29 is 28.6 Å². The summed E-state index contributed by atoms with van der Waals surface area (Å²) in [7, 11) is 0. The third-order valence-corrected chi connectivity index (χ3v) is 15.9. The lowest BCUT2D eigenvalue weighted by Gasteiger charge is -2.18. The zero-order valence-corrected chi connectivity index (χ0v) is 52.7. The SMILES string of the molecule is CCCCCCC/C=C\C/C=C\C/C=C\CCCCCCCCCCCCCCCCCCC(=O)OCC(COC(=O)CCCCCCC)OC(=O)CCCCCCCCCCCCCCCCCCCCCCCCCC. The first kappa shape index (κ1) is 75.6. The number of hydrogen-bond donors (Lipinski definition) is 0. The van der Waals surface area contributed by atoms with Gasteiger partial charge in [0, 0.05) is 19.3 Å². The number of carbonyl (C=O) groups excluding carboxylic acids is 3. The van der Waals surface area contributed by atoms with Crippen molar-refractivity contribution in [2.24, 2.45) is 0 Å². The van der Waals surface area contributed by atoms with Gasteiger partial charge in [-0.15, -0.1) is 0 Å². The van der Waals surface area contributed by atoms with Crippen molar-refractivity contribution in [3.05, 3.63) is 36.5 Å². The lowest BCUT2D eigenvalue weighted by molar-refractivity contribution is -0.167. The van der Waals surface area contributed by atoms with Crippen LogP contribution in [0.15, 0.2) is 36.5 Å². The maximum atomic E-state index is 12.9. The van der Waals surface area contributed by atoms with E-state index in [4.69, 9.17) is 14.2 Å². The van der Waals surface area contributed by atoms with E-state index in [1.165, 1.54) is 270 Å². The molecule has 0 aromatic rings. The molecular formula is C72H134O6. The van der Waals surface area contributed by atoms with Crippen LogP contribution in [0.3, 0.4) is 0 Å². The van der Waals surface area contributed by atoms with Crippen LogP contribution in [0.4, 0.5) is 0 Å². The van der Waals surface area contributed by atoms with E-state index in [9.17, 15) is 14.4 Å². The summed E-state index contributed by atoms with van der Waals surface area (Å²) < 4.78 is 16.8. The average Bonchev–Trinajstić information content (AvgIpc) is 3.44. The quantitative estimate of drug-likeness (QED) is 0.0261. The Balaban J connectivity index is 3.93. The van der Waals surface area contributed by atoms with Gasteiger partial charge < -0.3 is 14.2 Å². The number of rotatable bonds is 65. The smallest absolute Gasteiger partial charge is 0.306 e. The van der Waals surface area contributed by atoms with Crippen molar-refractivity contribution in [3.8, 4) is 0 Å². The standard InChI is InChI=1S/C72H134O6/c1-4-7-10-13-15-17-19-21-23-25-27-29-31-33-34-35-36-37-38-39-41-42-44-46-48-50-52-54-56-59-62-65-71(74)77-68-69(67-76-70(73)64-61-58-12-9-6-3)78-72(75)66-63-60-57-55-53-51-49-47-45-43-40-32-30-28-26-24-22-20-18-16-14-11-8-5-2/h19,21,25,27,31,33,69H,4-18,20,22-24,26,28-30,32,34-68H2,1-3H3/b21-19-,27-25-,33-31-. The number of carbonyl (C=O) groups is 3. The molecule has 0 spiro atoms. The van der Waals surface area contributed by atoms with Gasteiger partial charge in [0.05, 0.1) is 0 Å². The van der Waals surface area contributed by atoms with Gasteiger partial charge in [0.2, 0.25) is 0 Å². The first-order chi connectivity index (χ1) is 38.5. The molecule has 1 atom stereocenters. The molecule has 6 nitrogen and oxygen atoms in total. The lowest BCUT2D eigenvalue weighted by atomic mass is 10.0. The average molecular weight is 1100 g/mol. The molecule has 0 fully saturated rings. The Bertz CT molecular complexity index is 1300. The van der Waals surface area contributed by atoms with Gasteiger partial charge in [0.15, 0.2) is 6.10 Å². The molecule has 0 amide bonds. The van der Waals surface area contributed by atoms with Crippen molar-refractivity contribution in [2.45, 2.75) is 393 Å². The maximum absolute atomic E-state index is 12.9. The van der Waals surface area contributed by atoms with E-state index in [-0.39, 0.29) is 31.1 Å². The molecule has 0 aromatic carbocycles. The van der Waals surface area contributed by atoms with E-state index in [0.717, 1.165) is 77.0 Å². The minimum atomic E-state index is -0.765. The van der Waals surface area contributed by atoms with Crippen LogP contribution in [-0.4, -0.2) is 37.2 Å². The van der Waals surface area contributed by atoms with Gasteiger partial charge in [0.25, 0.3) is 0 Å². The first-order valence-corrected chi connectivity index (χ1v) is 35.0. The van der Waals surface area contributed by atoms with Gasteiger partial charge in [-0.2, -0.15) is 0 Å². The molecule has 0 aromatic heterocycles. The van der Waals surface area contributed by atoms with Crippen molar-refractivity contribution in [2.75, 3.05) is 13.2 Å². The normalized spacial score (nSPS) is 12.2. The van der Waals surface area contributed by atoms with E-state index in [0.29, 0.717) is 19.3 Å². The predicted octanol–water partition coefficient (Wildman–Crippen LogP) is 23.9.